The molecular formula is C21H23F3N4O3S. The SMILES string of the molecule is O=S(=O)(c1ccc(C(F)(F)F)cc1)N1CCN2C[C@H](Oc3ccc(C4CC4)nn3)C[C@H]2C1. The Bertz CT molecular complexity index is 1070. The highest BCUT2D eigenvalue weighted by Crippen LogP contribution is 2.39. The van der Waals surface area contributed by atoms with Crippen LogP contribution in [0.1, 0.15) is 36.4 Å². The van der Waals surface area contributed by atoms with Crippen molar-refractivity contribution in [2.24, 2.45) is 0 Å². The van der Waals surface area contributed by atoms with Crippen LogP contribution in [0, 0.1) is 0 Å². The molecule has 2 aliphatic heterocycles. The van der Waals surface area contributed by atoms with Crippen LogP contribution in [-0.2, 0) is 16.2 Å². The summed E-state index contributed by atoms with van der Waals surface area (Å²) in [7, 11) is -3.87. The largest absolute Gasteiger partial charge is 0.472 e. The fourth-order valence-corrected chi connectivity index (χ4v) is 5.87. The Labute approximate surface area is 184 Å². The highest BCUT2D eigenvalue weighted by Gasteiger charge is 2.41. The zero-order valence-electron chi connectivity index (χ0n) is 17.2. The van der Waals surface area contributed by atoms with E-state index >= 15 is 0 Å². The summed E-state index contributed by atoms with van der Waals surface area (Å²) in [5.74, 6) is 0.989. The number of aromatic nitrogens is 2. The van der Waals surface area contributed by atoms with Gasteiger partial charge in [0.15, 0.2) is 0 Å². The minimum Gasteiger partial charge on any atom is -0.472 e. The van der Waals surface area contributed by atoms with E-state index in [4.69, 9.17) is 4.74 Å². The summed E-state index contributed by atoms with van der Waals surface area (Å²) >= 11 is 0. The molecule has 32 heavy (non-hydrogen) atoms. The lowest BCUT2D eigenvalue weighted by Crippen LogP contribution is -2.51. The van der Waals surface area contributed by atoms with Crippen molar-refractivity contribution in [3.8, 4) is 5.88 Å². The lowest BCUT2D eigenvalue weighted by atomic mass is 10.2. The van der Waals surface area contributed by atoms with E-state index in [1.54, 1.807) is 0 Å². The van der Waals surface area contributed by atoms with Crippen LogP contribution in [-0.4, -0.2) is 66.1 Å². The molecule has 3 aliphatic rings. The number of benzene rings is 1. The summed E-state index contributed by atoms with van der Waals surface area (Å²) in [6, 6.07) is 7.41. The van der Waals surface area contributed by atoms with E-state index in [0.29, 0.717) is 31.3 Å². The molecule has 7 nitrogen and oxygen atoms in total. The van der Waals surface area contributed by atoms with E-state index in [1.165, 1.54) is 4.31 Å². The Morgan fingerprint density at radius 1 is 0.969 bits per heavy atom. The molecule has 3 heterocycles. The second kappa shape index (κ2) is 7.96. The number of fused-ring (bicyclic) bond motifs is 1. The van der Waals surface area contributed by atoms with Crippen LogP contribution in [0.4, 0.5) is 13.2 Å². The van der Waals surface area contributed by atoms with Gasteiger partial charge in [-0.05, 0) is 43.2 Å². The van der Waals surface area contributed by atoms with Crippen molar-refractivity contribution in [3.05, 3.63) is 47.7 Å². The van der Waals surface area contributed by atoms with Crippen molar-refractivity contribution in [1.82, 2.24) is 19.4 Å². The van der Waals surface area contributed by atoms with Gasteiger partial charge < -0.3 is 4.74 Å². The van der Waals surface area contributed by atoms with Gasteiger partial charge in [-0.3, -0.25) is 4.90 Å². The van der Waals surface area contributed by atoms with Gasteiger partial charge in [-0.15, -0.1) is 5.10 Å². The van der Waals surface area contributed by atoms with Gasteiger partial charge in [0.05, 0.1) is 16.2 Å². The summed E-state index contributed by atoms with van der Waals surface area (Å²) in [4.78, 5) is 2.06. The lowest BCUT2D eigenvalue weighted by molar-refractivity contribution is -0.137. The van der Waals surface area contributed by atoms with E-state index in [0.717, 1.165) is 42.8 Å². The highest BCUT2D eigenvalue weighted by atomic mass is 32.2. The molecule has 0 bridgehead atoms. The topological polar surface area (TPSA) is 75.6 Å². The third-order valence-electron chi connectivity index (χ3n) is 6.30. The molecule has 5 rings (SSSR count). The zero-order valence-corrected chi connectivity index (χ0v) is 18.0. The van der Waals surface area contributed by atoms with Gasteiger partial charge >= 0.3 is 6.18 Å². The van der Waals surface area contributed by atoms with Crippen LogP contribution in [0.2, 0.25) is 0 Å². The molecule has 1 aromatic carbocycles. The van der Waals surface area contributed by atoms with Gasteiger partial charge in [-0.25, -0.2) is 8.42 Å². The van der Waals surface area contributed by atoms with Gasteiger partial charge in [-0.1, -0.05) is 0 Å². The van der Waals surface area contributed by atoms with Gasteiger partial charge in [0.1, 0.15) is 6.10 Å². The molecule has 3 fully saturated rings. The van der Waals surface area contributed by atoms with E-state index in [2.05, 4.69) is 15.1 Å². The van der Waals surface area contributed by atoms with Crippen LogP contribution in [0.5, 0.6) is 5.88 Å². The first-order chi connectivity index (χ1) is 15.2. The maximum Gasteiger partial charge on any atom is 0.416 e. The van der Waals surface area contributed by atoms with Crippen molar-refractivity contribution < 1.29 is 26.3 Å². The normalized spacial score (nSPS) is 25.0. The molecule has 1 aromatic heterocycles. The van der Waals surface area contributed by atoms with Gasteiger partial charge in [0.25, 0.3) is 0 Å². The zero-order chi connectivity index (χ0) is 22.5. The third kappa shape index (κ3) is 4.33. The average Bonchev–Trinajstić information content (AvgIpc) is 3.53. The summed E-state index contributed by atoms with van der Waals surface area (Å²) < 4.78 is 71.6. The Morgan fingerprint density at radius 2 is 1.72 bits per heavy atom. The Morgan fingerprint density at radius 3 is 2.34 bits per heavy atom. The minimum atomic E-state index is -4.50. The number of sulfonamides is 1. The number of hydrogen-bond donors (Lipinski definition) is 0. The molecule has 1 aliphatic carbocycles. The predicted octanol–water partition coefficient (Wildman–Crippen LogP) is 2.90. The van der Waals surface area contributed by atoms with E-state index in [9.17, 15) is 21.6 Å². The van der Waals surface area contributed by atoms with Crippen LogP contribution in [0.25, 0.3) is 0 Å². The van der Waals surface area contributed by atoms with Crippen LogP contribution in [0.15, 0.2) is 41.3 Å². The van der Waals surface area contributed by atoms with Crippen molar-refractivity contribution >= 4 is 10.0 Å². The number of piperazine rings is 1. The first kappa shape index (κ1) is 21.6. The van der Waals surface area contributed by atoms with Crippen molar-refractivity contribution in [2.45, 2.75) is 48.4 Å². The molecule has 2 atom stereocenters. The molecule has 0 spiro atoms. The van der Waals surface area contributed by atoms with Crippen LogP contribution < -0.4 is 4.74 Å². The van der Waals surface area contributed by atoms with Crippen molar-refractivity contribution in [2.75, 3.05) is 26.2 Å². The Hall–Kier alpha value is -2.24. The van der Waals surface area contributed by atoms with Gasteiger partial charge in [-0.2, -0.15) is 22.6 Å². The fraction of sp³-hybridized carbons (Fsp3) is 0.524. The second-order valence-electron chi connectivity index (χ2n) is 8.58. The summed E-state index contributed by atoms with van der Waals surface area (Å²) in [6.45, 7) is 1.76. The van der Waals surface area contributed by atoms with Gasteiger partial charge in [0.2, 0.25) is 15.9 Å². The summed E-state index contributed by atoms with van der Waals surface area (Å²) in [6.07, 6.45) is -1.67. The number of hydrogen-bond acceptors (Lipinski definition) is 6. The maximum atomic E-state index is 13.0. The van der Waals surface area contributed by atoms with E-state index < -0.39 is 21.8 Å². The molecule has 0 amide bonds. The first-order valence-electron chi connectivity index (χ1n) is 10.6. The fourth-order valence-electron chi connectivity index (χ4n) is 4.40. The standard InChI is InChI=1S/C21H23F3N4O3S/c22-21(23,24)15-3-5-18(6-4-15)32(29,30)28-10-9-27-13-17(11-16(27)12-28)31-20-8-7-19(25-26-20)14-1-2-14/h3-8,14,16-17H,1-2,9-13H2/t16-,17+/m0/s1. The molecule has 11 heteroatoms. The molecule has 172 valence electrons. The maximum absolute atomic E-state index is 13.0. The number of ether oxygens (including phenoxy) is 1. The molecule has 1 saturated carbocycles. The minimum absolute atomic E-state index is 0.0170. The number of nitrogens with zero attached hydrogens (tertiary/aromatic N) is 4. The van der Waals surface area contributed by atoms with Crippen molar-refractivity contribution in [1.29, 1.82) is 0 Å². The predicted molar refractivity (Wildman–Crippen MR) is 109 cm³/mol. The number of halogens is 3. The lowest BCUT2D eigenvalue weighted by Gasteiger charge is -2.36. The van der Waals surface area contributed by atoms with Crippen LogP contribution >= 0.6 is 0 Å². The van der Waals surface area contributed by atoms with Crippen LogP contribution in [0.3, 0.4) is 0 Å². The van der Waals surface area contributed by atoms with Gasteiger partial charge in [0, 0.05) is 50.6 Å². The van der Waals surface area contributed by atoms with Crippen molar-refractivity contribution in [3.63, 3.8) is 0 Å². The molecule has 0 unspecified atom stereocenters. The molecule has 0 N–H and O–H groups in total. The Kier molecular flexibility index (Phi) is 5.37. The first-order valence-corrected chi connectivity index (χ1v) is 12.1. The number of rotatable bonds is 5. The Balaban J connectivity index is 1.22. The number of alkyl halides is 3. The summed E-state index contributed by atoms with van der Waals surface area (Å²) in [5.41, 5.74) is 0.121. The molecule has 0 radical (unpaired) electrons. The molecular weight excluding hydrogens is 445 g/mol. The summed E-state index contributed by atoms with van der Waals surface area (Å²) in [5, 5.41) is 8.39. The smallest absolute Gasteiger partial charge is 0.416 e. The molecule has 2 aromatic rings. The van der Waals surface area contributed by atoms with E-state index in [1.807, 2.05) is 12.1 Å². The quantitative estimate of drug-likeness (QED) is 0.672. The third-order valence-corrected chi connectivity index (χ3v) is 8.18. The van der Waals surface area contributed by atoms with E-state index in [-0.39, 0.29) is 30.1 Å². The molecule has 2 saturated heterocycles. The average molecular weight is 469 g/mol. The highest BCUT2D eigenvalue weighted by molar-refractivity contribution is 7.89. The monoisotopic (exact) mass is 468 g/mol. The second-order valence-corrected chi connectivity index (χ2v) is 10.5.